The number of amides is 1. The normalized spacial score (nSPS) is 15.5. The van der Waals surface area contributed by atoms with Crippen molar-refractivity contribution in [3.05, 3.63) is 65.5 Å². The standard InChI is InChI=1S/C22H21F3N4O2/c1-31-17-7-5-14(6-8-17)11-12-26-21(30)18-9-10-19-27-28-20(29(18)19)15-3-2-4-16(13-15)22(23,24)25/h2-8,13,18H,9-12H2,1H3,(H,26,30). The minimum atomic E-state index is -4.46. The lowest BCUT2D eigenvalue weighted by Gasteiger charge is -2.16. The van der Waals surface area contributed by atoms with Gasteiger partial charge in [0.2, 0.25) is 5.91 Å². The highest BCUT2D eigenvalue weighted by Gasteiger charge is 2.34. The molecule has 1 aromatic heterocycles. The van der Waals surface area contributed by atoms with Crippen LogP contribution in [-0.4, -0.2) is 34.3 Å². The number of alkyl halides is 3. The number of aryl methyl sites for hydroxylation is 1. The second-order valence-corrected chi connectivity index (χ2v) is 7.33. The van der Waals surface area contributed by atoms with E-state index in [9.17, 15) is 18.0 Å². The first-order chi connectivity index (χ1) is 14.9. The van der Waals surface area contributed by atoms with Crippen molar-refractivity contribution in [3.8, 4) is 17.1 Å². The summed E-state index contributed by atoms with van der Waals surface area (Å²) in [5.74, 6) is 1.44. The van der Waals surface area contributed by atoms with Crippen LogP contribution in [0.1, 0.15) is 29.4 Å². The summed E-state index contributed by atoms with van der Waals surface area (Å²) in [5.41, 5.74) is 0.578. The van der Waals surface area contributed by atoms with Gasteiger partial charge in [-0.25, -0.2) is 0 Å². The smallest absolute Gasteiger partial charge is 0.416 e. The molecule has 9 heteroatoms. The van der Waals surface area contributed by atoms with Crippen LogP contribution in [0.2, 0.25) is 0 Å². The summed E-state index contributed by atoms with van der Waals surface area (Å²) in [6.07, 6.45) is -2.73. The lowest BCUT2D eigenvalue weighted by Crippen LogP contribution is -2.32. The Hall–Kier alpha value is -3.36. The third-order valence-corrected chi connectivity index (χ3v) is 5.34. The topological polar surface area (TPSA) is 69.0 Å². The van der Waals surface area contributed by atoms with Crippen LogP contribution < -0.4 is 10.1 Å². The van der Waals surface area contributed by atoms with Crippen LogP contribution >= 0.6 is 0 Å². The molecule has 0 spiro atoms. The highest BCUT2D eigenvalue weighted by molar-refractivity contribution is 5.81. The first-order valence-corrected chi connectivity index (χ1v) is 9.89. The van der Waals surface area contributed by atoms with Crippen LogP contribution in [0.15, 0.2) is 48.5 Å². The number of nitrogens with zero attached hydrogens (tertiary/aromatic N) is 3. The summed E-state index contributed by atoms with van der Waals surface area (Å²) in [6, 6.07) is 12.0. The molecule has 0 bridgehead atoms. The SMILES string of the molecule is COc1ccc(CCNC(=O)C2CCc3nnc(-c4cccc(C(F)(F)F)c4)n32)cc1. The highest BCUT2D eigenvalue weighted by atomic mass is 19.4. The lowest BCUT2D eigenvalue weighted by molar-refractivity contribution is -0.137. The molecule has 31 heavy (non-hydrogen) atoms. The summed E-state index contributed by atoms with van der Waals surface area (Å²) in [4.78, 5) is 12.8. The molecule has 2 heterocycles. The molecule has 2 aromatic carbocycles. The van der Waals surface area contributed by atoms with Crippen molar-refractivity contribution < 1.29 is 22.7 Å². The molecule has 0 aliphatic carbocycles. The number of ether oxygens (including phenoxy) is 1. The first kappa shape index (κ1) is 20.9. The van der Waals surface area contributed by atoms with E-state index in [-0.39, 0.29) is 17.3 Å². The van der Waals surface area contributed by atoms with E-state index in [1.54, 1.807) is 17.7 Å². The molecule has 162 valence electrons. The Kier molecular flexibility index (Phi) is 5.67. The van der Waals surface area contributed by atoms with Crippen LogP contribution in [0.25, 0.3) is 11.4 Å². The number of carbonyl (C=O) groups is 1. The molecule has 1 aliphatic heterocycles. The maximum atomic E-state index is 13.1. The van der Waals surface area contributed by atoms with Crippen molar-refractivity contribution in [3.63, 3.8) is 0 Å². The molecule has 0 fully saturated rings. The van der Waals surface area contributed by atoms with Crippen LogP contribution in [0.4, 0.5) is 13.2 Å². The number of carbonyl (C=O) groups excluding carboxylic acids is 1. The van der Waals surface area contributed by atoms with E-state index < -0.39 is 17.8 Å². The maximum Gasteiger partial charge on any atom is 0.416 e. The van der Waals surface area contributed by atoms with Gasteiger partial charge in [-0.3, -0.25) is 9.36 Å². The average Bonchev–Trinajstić information content (AvgIpc) is 3.36. The van der Waals surface area contributed by atoms with Crippen molar-refractivity contribution >= 4 is 5.91 Å². The van der Waals surface area contributed by atoms with E-state index in [2.05, 4.69) is 15.5 Å². The number of methoxy groups -OCH3 is 1. The number of rotatable bonds is 6. The van der Waals surface area contributed by atoms with E-state index in [0.717, 1.165) is 23.4 Å². The summed E-state index contributed by atoms with van der Waals surface area (Å²) >= 11 is 0. The molecule has 6 nitrogen and oxygen atoms in total. The third-order valence-electron chi connectivity index (χ3n) is 5.34. The fourth-order valence-corrected chi connectivity index (χ4v) is 3.74. The molecule has 3 aromatic rings. The predicted octanol–water partition coefficient (Wildman–Crippen LogP) is 3.82. The van der Waals surface area contributed by atoms with Gasteiger partial charge < -0.3 is 10.1 Å². The van der Waals surface area contributed by atoms with E-state index in [4.69, 9.17) is 4.74 Å². The van der Waals surface area contributed by atoms with Crippen LogP contribution in [0.3, 0.4) is 0 Å². The Balaban J connectivity index is 1.47. The minimum absolute atomic E-state index is 0.194. The zero-order valence-corrected chi connectivity index (χ0v) is 16.8. The largest absolute Gasteiger partial charge is 0.497 e. The Morgan fingerprint density at radius 2 is 1.97 bits per heavy atom. The van der Waals surface area contributed by atoms with E-state index in [1.807, 2.05) is 24.3 Å². The molecule has 0 saturated carbocycles. The number of aromatic nitrogens is 3. The number of nitrogens with one attached hydrogen (secondary N) is 1. The second-order valence-electron chi connectivity index (χ2n) is 7.33. The van der Waals surface area contributed by atoms with E-state index in [0.29, 0.717) is 31.6 Å². The monoisotopic (exact) mass is 430 g/mol. The Bertz CT molecular complexity index is 1080. The molecule has 1 unspecified atom stereocenters. The predicted molar refractivity (Wildman–Crippen MR) is 108 cm³/mol. The third kappa shape index (κ3) is 4.40. The van der Waals surface area contributed by atoms with Crippen molar-refractivity contribution in [1.29, 1.82) is 0 Å². The van der Waals surface area contributed by atoms with Gasteiger partial charge in [0.25, 0.3) is 0 Å². The molecular formula is C22H21F3N4O2. The average molecular weight is 430 g/mol. The minimum Gasteiger partial charge on any atom is -0.497 e. The number of hydrogen-bond donors (Lipinski definition) is 1. The molecule has 1 atom stereocenters. The number of benzene rings is 2. The lowest BCUT2D eigenvalue weighted by atomic mass is 10.1. The summed E-state index contributed by atoms with van der Waals surface area (Å²) in [7, 11) is 1.60. The quantitative estimate of drug-likeness (QED) is 0.646. The maximum absolute atomic E-state index is 13.1. The first-order valence-electron chi connectivity index (χ1n) is 9.89. The van der Waals surface area contributed by atoms with Gasteiger partial charge in [-0.2, -0.15) is 13.2 Å². The van der Waals surface area contributed by atoms with Gasteiger partial charge in [0.05, 0.1) is 12.7 Å². The van der Waals surface area contributed by atoms with Gasteiger partial charge in [-0.05, 0) is 42.7 Å². The molecule has 0 radical (unpaired) electrons. The van der Waals surface area contributed by atoms with Crippen molar-refractivity contribution in [2.24, 2.45) is 0 Å². The van der Waals surface area contributed by atoms with Crippen molar-refractivity contribution in [2.75, 3.05) is 13.7 Å². The van der Waals surface area contributed by atoms with Crippen LogP contribution in [0.5, 0.6) is 5.75 Å². The van der Waals surface area contributed by atoms with E-state index >= 15 is 0 Å². The van der Waals surface area contributed by atoms with Crippen molar-refractivity contribution in [2.45, 2.75) is 31.5 Å². The van der Waals surface area contributed by atoms with Gasteiger partial charge in [0.15, 0.2) is 5.82 Å². The zero-order valence-electron chi connectivity index (χ0n) is 16.8. The highest BCUT2D eigenvalue weighted by Crippen LogP contribution is 2.35. The summed E-state index contributed by atoms with van der Waals surface area (Å²) in [5, 5.41) is 11.1. The van der Waals surface area contributed by atoms with Gasteiger partial charge >= 0.3 is 6.18 Å². The van der Waals surface area contributed by atoms with Gasteiger partial charge in [0, 0.05) is 18.5 Å². The fourth-order valence-electron chi connectivity index (χ4n) is 3.74. The molecule has 1 aliphatic rings. The molecular weight excluding hydrogens is 409 g/mol. The molecule has 1 amide bonds. The molecule has 1 N–H and O–H groups in total. The van der Waals surface area contributed by atoms with Crippen molar-refractivity contribution in [1.82, 2.24) is 20.1 Å². The Labute approximate surface area is 177 Å². The second kappa shape index (κ2) is 8.41. The van der Waals surface area contributed by atoms with Crippen LogP contribution in [-0.2, 0) is 23.8 Å². The number of halogens is 3. The number of hydrogen-bond acceptors (Lipinski definition) is 4. The van der Waals surface area contributed by atoms with Gasteiger partial charge in [-0.1, -0.05) is 24.3 Å². The van der Waals surface area contributed by atoms with E-state index in [1.165, 1.54) is 6.07 Å². The summed E-state index contributed by atoms with van der Waals surface area (Å²) in [6.45, 7) is 0.442. The summed E-state index contributed by atoms with van der Waals surface area (Å²) < 4.78 is 46.1. The molecule has 4 rings (SSSR count). The van der Waals surface area contributed by atoms with Gasteiger partial charge in [-0.15, -0.1) is 10.2 Å². The fraction of sp³-hybridized carbons (Fsp3) is 0.318. The van der Waals surface area contributed by atoms with Crippen LogP contribution in [0, 0.1) is 0 Å². The molecule has 0 saturated heterocycles. The number of fused-ring (bicyclic) bond motifs is 1. The van der Waals surface area contributed by atoms with Gasteiger partial charge in [0.1, 0.15) is 17.6 Å². The Morgan fingerprint density at radius 1 is 1.19 bits per heavy atom. The zero-order chi connectivity index (χ0) is 22.0. The Morgan fingerprint density at radius 3 is 2.68 bits per heavy atom.